The summed E-state index contributed by atoms with van der Waals surface area (Å²) in [5, 5.41) is 14.8. The van der Waals surface area contributed by atoms with Gasteiger partial charge in [0, 0.05) is 11.1 Å². The smallest absolute Gasteiger partial charge is 0.209 e. The number of carbonyl (C=O) groups is 1. The monoisotopic (exact) mass is 304 g/mol. The van der Waals surface area contributed by atoms with Crippen LogP contribution in [0, 0.1) is 6.92 Å². The molecule has 1 aromatic carbocycles. The molecule has 0 saturated carbocycles. The van der Waals surface area contributed by atoms with Crippen LogP contribution < -0.4 is 0 Å². The van der Waals surface area contributed by atoms with Gasteiger partial charge in [0.05, 0.1) is 5.69 Å². The van der Waals surface area contributed by atoms with E-state index in [1.807, 2.05) is 32.0 Å². The van der Waals surface area contributed by atoms with Gasteiger partial charge in [0.2, 0.25) is 5.78 Å². The minimum atomic E-state index is -0.352. The molecule has 110 valence electrons. The second-order valence-corrected chi connectivity index (χ2v) is 5.45. The van der Waals surface area contributed by atoms with E-state index in [0.29, 0.717) is 10.7 Å². The first-order valence-electron chi connectivity index (χ1n) is 6.66. The molecule has 2 aromatic rings. The lowest BCUT2D eigenvalue weighted by molar-refractivity contribution is 0.104. The Balaban J connectivity index is 2.29. The van der Waals surface area contributed by atoms with E-state index in [9.17, 15) is 9.90 Å². The Bertz CT molecular complexity index is 702. The maximum Gasteiger partial charge on any atom is 0.209 e. The number of nitrogens with zero attached hydrogens (tertiary/aromatic N) is 2. The normalized spacial score (nSPS) is 11.5. The van der Waals surface area contributed by atoms with Crippen molar-refractivity contribution in [2.75, 3.05) is 0 Å². The van der Waals surface area contributed by atoms with E-state index >= 15 is 0 Å². The van der Waals surface area contributed by atoms with Crippen LogP contribution in [-0.4, -0.2) is 20.7 Å². The molecule has 0 aliphatic rings. The Hall–Kier alpha value is -2.07. The summed E-state index contributed by atoms with van der Waals surface area (Å²) < 4.78 is 1.63. The van der Waals surface area contributed by atoms with Gasteiger partial charge in [-0.05, 0) is 44.6 Å². The van der Waals surface area contributed by atoms with Gasteiger partial charge < -0.3 is 5.11 Å². The second kappa shape index (κ2) is 6.14. The molecule has 0 radical (unpaired) electrons. The van der Waals surface area contributed by atoms with E-state index in [2.05, 4.69) is 5.10 Å². The highest BCUT2D eigenvalue weighted by molar-refractivity contribution is 6.32. The van der Waals surface area contributed by atoms with Gasteiger partial charge in [-0.2, -0.15) is 5.10 Å². The number of aromatic nitrogens is 2. The third kappa shape index (κ3) is 3.16. The standard InChI is InChI=1S/C16H17ClN2O2/c1-10(2)19-11(3)16(21)15(18-19)14(20)9-8-12-6-4-5-7-13(12)17/h4-10,21H,1-3H3/b9-8+. The van der Waals surface area contributed by atoms with Gasteiger partial charge >= 0.3 is 0 Å². The summed E-state index contributed by atoms with van der Waals surface area (Å²) in [5.41, 5.74) is 1.39. The van der Waals surface area contributed by atoms with Gasteiger partial charge in [-0.25, -0.2) is 0 Å². The van der Waals surface area contributed by atoms with E-state index < -0.39 is 0 Å². The molecule has 2 rings (SSSR count). The predicted octanol–water partition coefficient (Wildman–Crippen LogP) is 4.03. The third-order valence-electron chi connectivity index (χ3n) is 3.16. The van der Waals surface area contributed by atoms with Crippen LogP contribution >= 0.6 is 11.6 Å². The first-order chi connectivity index (χ1) is 9.91. The highest BCUT2D eigenvalue weighted by Gasteiger charge is 2.19. The molecule has 0 spiro atoms. The Morgan fingerprint density at radius 3 is 2.62 bits per heavy atom. The first kappa shape index (κ1) is 15.3. The van der Waals surface area contributed by atoms with Crippen LogP contribution in [0.4, 0.5) is 0 Å². The van der Waals surface area contributed by atoms with Crippen molar-refractivity contribution >= 4 is 23.5 Å². The molecule has 0 unspecified atom stereocenters. The highest BCUT2D eigenvalue weighted by atomic mass is 35.5. The molecule has 0 fully saturated rings. The predicted molar refractivity (Wildman–Crippen MR) is 83.8 cm³/mol. The van der Waals surface area contributed by atoms with Crippen molar-refractivity contribution in [2.24, 2.45) is 0 Å². The summed E-state index contributed by atoms with van der Waals surface area (Å²) in [6, 6.07) is 7.29. The van der Waals surface area contributed by atoms with Crippen molar-refractivity contribution in [3.05, 3.63) is 52.3 Å². The van der Waals surface area contributed by atoms with Crippen molar-refractivity contribution in [1.29, 1.82) is 0 Å². The SMILES string of the molecule is Cc1c(O)c(C(=O)/C=C/c2ccccc2Cl)nn1C(C)C. The lowest BCUT2D eigenvalue weighted by Gasteiger charge is -2.06. The largest absolute Gasteiger partial charge is 0.504 e. The van der Waals surface area contributed by atoms with Crippen molar-refractivity contribution in [3.8, 4) is 5.75 Å². The van der Waals surface area contributed by atoms with Crippen LogP contribution in [0.25, 0.3) is 6.08 Å². The zero-order valence-electron chi connectivity index (χ0n) is 12.2. The molecule has 1 aromatic heterocycles. The van der Waals surface area contributed by atoms with Crippen LogP contribution in [0.15, 0.2) is 30.3 Å². The molecule has 0 aliphatic heterocycles. The average Bonchev–Trinajstić information content (AvgIpc) is 2.74. The number of rotatable bonds is 4. The highest BCUT2D eigenvalue weighted by Crippen LogP contribution is 2.25. The third-order valence-corrected chi connectivity index (χ3v) is 3.50. The Morgan fingerprint density at radius 1 is 1.38 bits per heavy atom. The van der Waals surface area contributed by atoms with Crippen molar-refractivity contribution < 1.29 is 9.90 Å². The Labute approximate surface area is 128 Å². The van der Waals surface area contributed by atoms with Crippen LogP contribution in [0.2, 0.25) is 5.02 Å². The summed E-state index contributed by atoms with van der Waals surface area (Å²) in [6.07, 6.45) is 2.99. The lowest BCUT2D eigenvalue weighted by Crippen LogP contribution is -2.06. The number of hydrogen-bond acceptors (Lipinski definition) is 3. The maximum atomic E-state index is 12.2. The molecule has 0 saturated heterocycles. The summed E-state index contributed by atoms with van der Waals surface area (Å²) in [5.74, 6) is -0.424. The molecular formula is C16H17ClN2O2. The fourth-order valence-electron chi connectivity index (χ4n) is 2.03. The maximum absolute atomic E-state index is 12.2. The minimum absolute atomic E-state index is 0.0597. The molecule has 21 heavy (non-hydrogen) atoms. The molecule has 0 aliphatic carbocycles. The number of hydrogen-bond donors (Lipinski definition) is 1. The molecule has 1 heterocycles. The molecule has 0 bridgehead atoms. The zero-order chi connectivity index (χ0) is 15.6. The van der Waals surface area contributed by atoms with Crippen LogP contribution in [-0.2, 0) is 0 Å². The molecule has 0 atom stereocenters. The zero-order valence-corrected chi connectivity index (χ0v) is 12.9. The quantitative estimate of drug-likeness (QED) is 0.685. The first-order valence-corrected chi connectivity index (χ1v) is 7.04. The lowest BCUT2D eigenvalue weighted by atomic mass is 10.1. The number of aromatic hydroxyl groups is 1. The average molecular weight is 305 g/mol. The van der Waals surface area contributed by atoms with Crippen LogP contribution in [0.5, 0.6) is 5.75 Å². The molecule has 1 N–H and O–H groups in total. The second-order valence-electron chi connectivity index (χ2n) is 5.04. The summed E-state index contributed by atoms with van der Waals surface area (Å²) in [6.45, 7) is 5.61. The number of carbonyl (C=O) groups excluding carboxylic acids is 1. The van der Waals surface area contributed by atoms with Gasteiger partial charge in [-0.1, -0.05) is 29.8 Å². The summed E-state index contributed by atoms with van der Waals surface area (Å²) in [4.78, 5) is 12.2. The van der Waals surface area contributed by atoms with Crippen molar-refractivity contribution in [3.63, 3.8) is 0 Å². The Morgan fingerprint density at radius 2 is 2.05 bits per heavy atom. The van der Waals surface area contributed by atoms with E-state index in [4.69, 9.17) is 11.6 Å². The molecular weight excluding hydrogens is 288 g/mol. The number of benzene rings is 1. The van der Waals surface area contributed by atoms with E-state index in [1.165, 1.54) is 6.08 Å². The number of halogens is 1. The van der Waals surface area contributed by atoms with Crippen molar-refractivity contribution in [2.45, 2.75) is 26.8 Å². The van der Waals surface area contributed by atoms with Gasteiger partial charge in [-0.3, -0.25) is 9.48 Å². The molecule has 0 amide bonds. The molecule has 4 nitrogen and oxygen atoms in total. The van der Waals surface area contributed by atoms with E-state index in [-0.39, 0.29) is 23.3 Å². The minimum Gasteiger partial charge on any atom is -0.504 e. The van der Waals surface area contributed by atoms with Gasteiger partial charge in [-0.15, -0.1) is 0 Å². The van der Waals surface area contributed by atoms with Gasteiger partial charge in [0.1, 0.15) is 0 Å². The van der Waals surface area contributed by atoms with Crippen LogP contribution in [0.1, 0.15) is 41.6 Å². The van der Waals surface area contributed by atoms with Gasteiger partial charge in [0.25, 0.3) is 0 Å². The van der Waals surface area contributed by atoms with Crippen molar-refractivity contribution in [1.82, 2.24) is 9.78 Å². The Kier molecular flexibility index (Phi) is 4.48. The topological polar surface area (TPSA) is 55.1 Å². The number of allylic oxidation sites excluding steroid dienone is 1. The van der Waals surface area contributed by atoms with E-state index in [0.717, 1.165) is 5.56 Å². The summed E-state index contributed by atoms with van der Waals surface area (Å²) >= 11 is 6.02. The van der Waals surface area contributed by atoms with E-state index in [1.54, 1.807) is 23.7 Å². The fourth-order valence-corrected chi connectivity index (χ4v) is 2.23. The molecule has 5 heteroatoms. The number of ketones is 1. The fraction of sp³-hybridized carbons (Fsp3) is 0.250. The van der Waals surface area contributed by atoms with Gasteiger partial charge in [0.15, 0.2) is 11.4 Å². The summed E-state index contributed by atoms with van der Waals surface area (Å²) in [7, 11) is 0. The van der Waals surface area contributed by atoms with Crippen LogP contribution in [0.3, 0.4) is 0 Å².